The van der Waals surface area contributed by atoms with Crippen LogP contribution >= 0.6 is 0 Å². The lowest BCUT2D eigenvalue weighted by atomic mass is 9.55. The third kappa shape index (κ3) is 1.06. The summed E-state index contributed by atoms with van der Waals surface area (Å²) in [5, 5.41) is 0. The van der Waals surface area contributed by atoms with Crippen LogP contribution in [0.4, 0.5) is 0 Å². The maximum Gasteiger partial charge on any atom is 0.140 e. The molecule has 0 N–H and O–H groups in total. The van der Waals surface area contributed by atoms with Crippen LogP contribution in [0.3, 0.4) is 0 Å². The van der Waals surface area contributed by atoms with E-state index in [0.29, 0.717) is 23.5 Å². The molecule has 0 spiro atoms. The number of carbonyl (C=O) groups excluding carboxylic acids is 1. The first-order chi connectivity index (χ1) is 7.20. The molecule has 1 nitrogen and oxygen atoms in total. The highest BCUT2D eigenvalue weighted by molar-refractivity contribution is 5.92. The maximum atomic E-state index is 11.8. The fourth-order valence-electron chi connectivity index (χ4n) is 3.44. The summed E-state index contributed by atoms with van der Waals surface area (Å²) in [6, 6.07) is 8.65. The van der Waals surface area contributed by atoms with Gasteiger partial charge in [0.15, 0.2) is 0 Å². The molecule has 1 heteroatoms. The minimum atomic E-state index is 0.253. The maximum absolute atomic E-state index is 11.8. The Labute approximate surface area is 90.5 Å². The Morgan fingerprint density at radius 2 is 1.80 bits per heavy atom. The summed E-state index contributed by atoms with van der Waals surface area (Å²) in [5.41, 5.74) is 2.91. The van der Waals surface area contributed by atoms with E-state index < -0.39 is 0 Å². The van der Waals surface area contributed by atoms with Gasteiger partial charge in [-0.3, -0.25) is 4.79 Å². The quantitative estimate of drug-likeness (QED) is 0.629. The monoisotopic (exact) mass is 200 g/mol. The number of hydrogen-bond acceptors (Lipinski definition) is 1. The van der Waals surface area contributed by atoms with E-state index in [1.807, 2.05) is 0 Å². The standard InChI is InChI=1S/C14H16O/c1-8-7-12-13(9(2)14(12)15)11-6-4-3-5-10(8)11/h3-6,8-9,12-13H,7H2,1-2H3. The summed E-state index contributed by atoms with van der Waals surface area (Å²) in [4.78, 5) is 11.8. The number of benzene rings is 1. The van der Waals surface area contributed by atoms with Gasteiger partial charge >= 0.3 is 0 Å². The van der Waals surface area contributed by atoms with Gasteiger partial charge in [0.1, 0.15) is 5.78 Å². The normalized spacial score (nSPS) is 37.9. The highest BCUT2D eigenvalue weighted by Gasteiger charge is 2.50. The van der Waals surface area contributed by atoms with Crippen LogP contribution in [0.2, 0.25) is 0 Å². The van der Waals surface area contributed by atoms with E-state index in [-0.39, 0.29) is 5.92 Å². The van der Waals surface area contributed by atoms with E-state index >= 15 is 0 Å². The van der Waals surface area contributed by atoms with Crippen molar-refractivity contribution in [1.82, 2.24) is 0 Å². The van der Waals surface area contributed by atoms with Crippen LogP contribution in [-0.4, -0.2) is 5.78 Å². The lowest BCUT2D eigenvalue weighted by Crippen LogP contribution is -2.47. The summed E-state index contributed by atoms with van der Waals surface area (Å²) >= 11 is 0. The first kappa shape index (κ1) is 9.14. The molecule has 4 unspecified atom stereocenters. The predicted molar refractivity (Wildman–Crippen MR) is 59.9 cm³/mol. The smallest absolute Gasteiger partial charge is 0.140 e. The summed E-state index contributed by atoms with van der Waals surface area (Å²) in [5.74, 6) is 2.14. The van der Waals surface area contributed by atoms with Gasteiger partial charge in [-0.2, -0.15) is 0 Å². The summed E-state index contributed by atoms with van der Waals surface area (Å²) in [6.45, 7) is 4.32. The SMILES string of the molecule is CC1CC2C(=O)C(C)C2c2ccccc21. The summed E-state index contributed by atoms with van der Waals surface area (Å²) < 4.78 is 0. The van der Waals surface area contributed by atoms with Gasteiger partial charge in [-0.15, -0.1) is 0 Å². The lowest BCUT2D eigenvalue weighted by Gasteiger charge is -2.47. The number of carbonyl (C=O) groups is 1. The zero-order valence-electron chi connectivity index (χ0n) is 9.23. The first-order valence-corrected chi connectivity index (χ1v) is 5.82. The molecule has 0 aromatic heterocycles. The van der Waals surface area contributed by atoms with E-state index in [9.17, 15) is 4.79 Å². The van der Waals surface area contributed by atoms with Gasteiger partial charge in [-0.05, 0) is 23.5 Å². The van der Waals surface area contributed by atoms with Crippen molar-refractivity contribution in [2.45, 2.75) is 32.1 Å². The average molecular weight is 200 g/mol. The van der Waals surface area contributed by atoms with Crippen molar-refractivity contribution in [2.24, 2.45) is 11.8 Å². The fraction of sp³-hybridized carbons (Fsp3) is 0.500. The molecule has 0 bridgehead atoms. The largest absolute Gasteiger partial charge is 0.299 e. The lowest BCUT2D eigenvalue weighted by molar-refractivity contribution is -0.138. The Morgan fingerprint density at radius 3 is 2.53 bits per heavy atom. The Kier molecular flexibility index (Phi) is 1.79. The summed E-state index contributed by atoms with van der Waals surface area (Å²) in [7, 11) is 0. The number of ketones is 1. The van der Waals surface area contributed by atoms with Gasteiger partial charge in [0.2, 0.25) is 0 Å². The minimum Gasteiger partial charge on any atom is -0.299 e. The van der Waals surface area contributed by atoms with Crippen LogP contribution in [0.15, 0.2) is 24.3 Å². The molecule has 2 aliphatic rings. The van der Waals surface area contributed by atoms with Crippen molar-refractivity contribution in [3.05, 3.63) is 35.4 Å². The number of fused-ring (bicyclic) bond motifs is 3. The molecule has 0 radical (unpaired) electrons. The van der Waals surface area contributed by atoms with Crippen molar-refractivity contribution in [1.29, 1.82) is 0 Å². The van der Waals surface area contributed by atoms with E-state index in [2.05, 4.69) is 38.1 Å². The van der Waals surface area contributed by atoms with Crippen LogP contribution in [0.1, 0.15) is 43.2 Å². The second kappa shape index (κ2) is 2.94. The van der Waals surface area contributed by atoms with Crippen molar-refractivity contribution in [2.75, 3.05) is 0 Å². The Balaban J connectivity index is 2.10. The molecule has 1 saturated carbocycles. The van der Waals surface area contributed by atoms with Crippen LogP contribution in [0.5, 0.6) is 0 Å². The molecule has 3 rings (SSSR count). The highest BCUT2D eigenvalue weighted by Crippen LogP contribution is 2.53. The fourth-order valence-corrected chi connectivity index (χ4v) is 3.44. The number of hydrogen-bond donors (Lipinski definition) is 0. The van der Waals surface area contributed by atoms with E-state index in [4.69, 9.17) is 0 Å². The molecule has 1 fully saturated rings. The van der Waals surface area contributed by atoms with Crippen LogP contribution in [0, 0.1) is 11.8 Å². The van der Waals surface area contributed by atoms with Crippen molar-refractivity contribution in [3.8, 4) is 0 Å². The Bertz CT molecular complexity index is 421. The average Bonchev–Trinajstić information content (AvgIpc) is 2.28. The second-order valence-electron chi connectivity index (χ2n) is 5.09. The Hall–Kier alpha value is -1.11. The number of rotatable bonds is 0. The molecule has 4 atom stereocenters. The molecule has 1 aromatic rings. The molecule has 1 aromatic carbocycles. The molecular weight excluding hydrogens is 184 g/mol. The van der Waals surface area contributed by atoms with Gasteiger partial charge in [0.05, 0.1) is 0 Å². The first-order valence-electron chi connectivity index (χ1n) is 5.82. The van der Waals surface area contributed by atoms with Gasteiger partial charge in [-0.1, -0.05) is 38.1 Å². The third-order valence-corrected chi connectivity index (χ3v) is 4.28. The van der Waals surface area contributed by atoms with E-state index in [0.717, 1.165) is 6.42 Å². The Morgan fingerprint density at radius 1 is 1.13 bits per heavy atom. The molecule has 0 amide bonds. The van der Waals surface area contributed by atoms with Crippen molar-refractivity contribution in [3.63, 3.8) is 0 Å². The van der Waals surface area contributed by atoms with Crippen LogP contribution < -0.4 is 0 Å². The van der Waals surface area contributed by atoms with E-state index in [1.54, 1.807) is 0 Å². The van der Waals surface area contributed by atoms with Gasteiger partial charge in [0, 0.05) is 17.8 Å². The topological polar surface area (TPSA) is 17.1 Å². The molecule has 0 saturated heterocycles. The zero-order valence-corrected chi connectivity index (χ0v) is 9.23. The van der Waals surface area contributed by atoms with Gasteiger partial charge < -0.3 is 0 Å². The van der Waals surface area contributed by atoms with Crippen LogP contribution in [-0.2, 0) is 4.79 Å². The van der Waals surface area contributed by atoms with Crippen LogP contribution in [0.25, 0.3) is 0 Å². The highest BCUT2D eigenvalue weighted by atomic mass is 16.1. The zero-order chi connectivity index (χ0) is 10.6. The van der Waals surface area contributed by atoms with Gasteiger partial charge in [-0.25, -0.2) is 0 Å². The molecule has 2 aliphatic carbocycles. The van der Waals surface area contributed by atoms with Crippen molar-refractivity contribution < 1.29 is 4.79 Å². The number of Topliss-reactive ketones (excluding diaryl/α,β-unsaturated/α-hetero) is 1. The third-order valence-electron chi connectivity index (χ3n) is 4.28. The molecular formula is C14H16O. The molecule has 0 aliphatic heterocycles. The molecule has 15 heavy (non-hydrogen) atoms. The predicted octanol–water partition coefficient (Wildman–Crippen LogP) is 3.11. The molecule has 78 valence electrons. The van der Waals surface area contributed by atoms with Crippen molar-refractivity contribution >= 4 is 5.78 Å². The van der Waals surface area contributed by atoms with Gasteiger partial charge in [0.25, 0.3) is 0 Å². The second-order valence-corrected chi connectivity index (χ2v) is 5.09. The summed E-state index contributed by atoms with van der Waals surface area (Å²) in [6.07, 6.45) is 1.06. The molecule has 0 heterocycles. The minimum absolute atomic E-state index is 0.253. The van der Waals surface area contributed by atoms with E-state index in [1.165, 1.54) is 11.1 Å².